The molecule has 0 aromatic heterocycles. The lowest BCUT2D eigenvalue weighted by atomic mass is 10.0. The number of aryl methyl sites for hydroxylation is 1. The van der Waals surface area contributed by atoms with Crippen molar-refractivity contribution in [3.05, 3.63) is 23.3 Å². The molecule has 4 heteroatoms. The lowest BCUT2D eigenvalue weighted by molar-refractivity contribution is 0.0602. The van der Waals surface area contributed by atoms with E-state index in [1.807, 2.05) is 13.0 Å². The van der Waals surface area contributed by atoms with E-state index in [1.165, 1.54) is 32.8 Å². The number of carbonyl (C=O) groups excluding carboxylic acids is 1. The zero-order chi connectivity index (χ0) is 15.8. The molecule has 0 radical (unpaired) electrons. The van der Waals surface area contributed by atoms with E-state index in [2.05, 4.69) is 19.2 Å². The second-order valence-corrected chi connectivity index (χ2v) is 5.64. The lowest BCUT2D eigenvalue weighted by Crippen LogP contribution is -2.16. The predicted molar refractivity (Wildman–Crippen MR) is 88.8 cm³/mol. The van der Waals surface area contributed by atoms with Gasteiger partial charge >= 0.3 is 5.97 Å². The molecule has 1 atom stereocenters. The minimum Gasteiger partial charge on any atom is -0.465 e. The Labute approximate surface area is 128 Å². The van der Waals surface area contributed by atoms with Gasteiger partial charge < -0.3 is 15.8 Å². The Hall–Kier alpha value is -1.71. The Morgan fingerprint density at radius 3 is 2.67 bits per heavy atom. The molecular formula is C17H28N2O2. The van der Waals surface area contributed by atoms with Crippen molar-refractivity contribution in [1.82, 2.24) is 0 Å². The van der Waals surface area contributed by atoms with Crippen LogP contribution in [0.2, 0.25) is 0 Å². The van der Waals surface area contributed by atoms with Gasteiger partial charge in [0.25, 0.3) is 0 Å². The number of anilines is 2. The zero-order valence-electron chi connectivity index (χ0n) is 13.7. The van der Waals surface area contributed by atoms with Crippen LogP contribution in [-0.4, -0.2) is 19.1 Å². The molecule has 0 aliphatic rings. The van der Waals surface area contributed by atoms with Gasteiger partial charge in [0.05, 0.1) is 12.7 Å². The molecule has 0 bridgehead atoms. The van der Waals surface area contributed by atoms with Crippen LogP contribution in [0.3, 0.4) is 0 Å². The van der Waals surface area contributed by atoms with Crippen molar-refractivity contribution in [3.63, 3.8) is 0 Å². The predicted octanol–water partition coefficient (Wildman–Crippen LogP) is 4.13. The molecule has 0 saturated carbocycles. The first kappa shape index (κ1) is 17.3. The summed E-state index contributed by atoms with van der Waals surface area (Å²) in [6.45, 7) is 6.28. The highest BCUT2D eigenvalue weighted by Crippen LogP contribution is 2.24. The standard InChI is InChI=1S/C17H28N2O2/c1-5-6-7-8-9-13(3)19-14-10-12(2)16(18)15(11-14)17(20)21-4/h10-11,13,19H,5-9,18H2,1-4H3. The molecule has 0 spiro atoms. The molecule has 0 aliphatic heterocycles. The number of ether oxygens (including phenoxy) is 1. The molecular weight excluding hydrogens is 264 g/mol. The number of hydrogen-bond donors (Lipinski definition) is 2. The maximum Gasteiger partial charge on any atom is 0.340 e. The third kappa shape index (κ3) is 5.29. The number of unbranched alkanes of at least 4 members (excludes halogenated alkanes) is 3. The Kier molecular flexibility index (Phi) is 7.06. The highest BCUT2D eigenvalue weighted by atomic mass is 16.5. The maximum absolute atomic E-state index is 11.7. The summed E-state index contributed by atoms with van der Waals surface area (Å²) < 4.78 is 4.78. The first-order chi connectivity index (χ1) is 9.99. The van der Waals surface area contributed by atoms with Crippen LogP contribution in [0.15, 0.2) is 12.1 Å². The van der Waals surface area contributed by atoms with Gasteiger partial charge in [-0.3, -0.25) is 0 Å². The number of hydrogen-bond acceptors (Lipinski definition) is 4. The van der Waals surface area contributed by atoms with E-state index in [9.17, 15) is 4.79 Å². The normalized spacial score (nSPS) is 12.0. The average molecular weight is 292 g/mol. The highest BCUT2D eigenvalue weighted by molar-refractivity contribution is 5.97. The van der Waals surface area contributed by atoms with Crippen molar-refractivity contribution < 1.29 is 9.53 Å². The minimum atomic E-state index is -0.394. The minimum absolute atomic E-state index is 0.371. The number of rotatable bonds is 8. The van der Waals surface area contributed by atoms with Gasteiger partial charge in [0, 0.05) is 17.4 Å². The number of nitrogen functional groups attached to an aromatic ring is 1. The molecule has 0 aliphatic carbocycles. The van der Waals surface area contributed by atoms with E-state index in [0.717, 1.165) is 17.7 Å². The molecule has 1 aromatic rings. The van der Waals surface area contributed by atoms with Gasteiger partial charge in [0.1, 0.15) is 0 Å². The summed E-state index contributed by atoms with van der Waals surface area (Å²) in [6.07, 6.45) is 6.16. The van der Waals surface area contributed by atoms with Crippen molar-refractivity contribution in [2.45, 2.75) is 58.9 Å². The fourth-order valence-electron chi connectivity index (χ4n) is 2.39. The van der Waals surface area contributed by atoms with Crippen molar-refractivity contribution in [2.75, 3.05) is 18.2 Å². The molecule has 1 rings (SSSR count). The summed E-state index contributed by atoms with van der Waals surface area (Å²) in [4.78, 5) is 11.7. The molecule has 21 heavy (non-hydrogen) atoms. The first-order valence-corrected chi connectivity index (χ1v) is 7.74. The first-order valence-electron chi connectivity index (χ1n) is 7.74. The molecule has 0 amide bonds. The molecule has 118 valence electrons. The van der Waals surface area contributed by atoms with Gasteiger partial charge in [-0.05, 0) is 38.0 Å². The Balaban J connectivity index is 2.70. The Morgan fingerprint density at radius 2 is 2.05 bits per heavy atom. The number of benzene rings is 1. The quantitative estimate of drug-likeness (QED) is 0.429. The van der Waals surface area contributed by atoms with E-state index in [1.54, 1.807) is 6.07 Å². The van der Waals surface area contributed by atoms with E-state index < -0.39 is 5.97 Å². The van der Waals surface area contributed by atoms with Crippen LogP contribution in [0.25, 0.3) is 0 Å². The van der Waals surface area contributed by atoms with Crippen LogP contribution >= 0.6 is 0 Å². The largest absolute Gasteiger partial charge is 0.465 e. The number of nitrogens with two attached hydrogens (primary N) is 1. The monoisotopic (exact) mass is 292 g/mol. The molecule has 4 nitrogen and oxygen atoms in total. The Morgan fingerprint density at radius 1 is 1.33 bits per heavy atom. The van der Waals surface area contributed by atoms with Gasteiger partial charge in [0.2, 0.25) is 0 Å². The zero-order valence-corrected chi connectivity index (χ0v) is 13.7. The molecule has 0 saturated heterocycles. The lowest BCUT2D eigenvalue weighted by Gasteiger charge is -2.17. The van der Waals surface area contributed by atoms with Gasteiger partial charge in [-0.1, -0.05) is 32.6 Å². The van der Waals surface area contributed by atoms with E-state index in [-0.39, 0.29) is 0 Å². The Bertz CT molecular complexity index is 472. The van der Waals surface area contributed by atoms with Gasteiger partial charge in [-0.25, -0.2) is 4.79 Å². The summed E-state index contributed by atoms with van der Waals surface area (Å²) in [5.74, 6) is -0.394. The topological polar surface area (TPSA) is 64.3 Å². The van der Waals surface area contributed by atoms with Crippen molar-refractivity contribution in [3.8, 4) is 0 Å². The number of methoxy groups -OCH3 is 1. The van der Waals surface area contributed by atoms with Crippen LogP contribution in [-0.2, 0) is 4.74 Å². The second kappa shape index (κ2) is 8.55. The summed E-state index contributed by atoms with van der Waals surface area (Å²) in [5, 5.41) is 3.44. The molecule has 1 aromatic carbocycles. The van der Waals surface area contributed by atoms with Gasteiger partial charge in [0.15, 0.2) is 0 Å². The smallest absolute Gasteiger partial charge is 0.340 e. The van der Waals surface area contributed by atoms with Crippen LogP contribution in [0.5, 0.6) is 0 Å². The van der Waals surface area contributed by atoms with Crippen LogP contribution in [0.4, 0.5) is 11.4 Å². The highest BCUT2D eigenvalue weighted by Gasteiger charge is 2.14. The van der Waals surface area contributed by atoms with E-state index >= 15 is 0 Å². The third-order valence-corrected chi connectivity index (χ3v) is 3.70. The maximum atomic E-state index is 11.7. The summed E-state index contributed by atoms with van der Waals surface area (Å²) in [7, 11) is 1.37. The van der Waals surface area contributed by atoms with E-state index in [4.69, 9.17) is 10.5 Å². The SMILES string of the molecule is CCCCCCC(C)Nc1cc(C)c(N)c(C(=O)OC)c1. The fraction of sp³-hybridized carbons (Fsp3) is 0.588. The van der Waals surface area contributed by atoms with Crippen molar-refractivity contribution in [2.24, 2.45) is 0 Å². The fourth-order valence-corrected chi connectivity index (χ4v) is 2.39. The summed E-state index contributed by atoms with van der Waals surface area (Å²) >= 11 is 0. The van der Waals surface area contributed by atoms with Crippen molar-refractivity contribution in [1.29, 1.82) is 0 Å². The van der Waals surface area contributed by atoms with Gasteiger partial charge in [-0.15, -0.1) is 0 Å². The number of carbonyl (C=O) groups is 1. The van der Waals surface area contributed by atoms with Crippen molar-refractivity contribution >= 4 is 17.3 Å². The second-order valence-electron chi connectivity index (χ2n) is 5.64. The molecule has 0 heterocycles. The van der Waals surface area contributed by atoms with Crippen LogP contribution in [0.1, 0.15) is 61.9 Å². The van der Waals surface area contributed by atoms with E-state index in [0.29, 0.717) is 17.3 Å². The van der Waals surface area contributed by atoms with Crippen LogP contribution in [0, 0.1) is 6.92 Å². The number of nitrogens with one attached hydrogen (secondary N) is 1. The summed E-state index contributed by atoms with van der Waals surface area (Å²) in [5.41, 5.74) is 8.67. The molecule has 3 N–H and O–H groups in total. The molecule has 0 fully saturated rings. The molecule has 1 unspecified atom stereocenters. The number of esters is 1. The average Bonchev–Trinajstić information content (AvgIpc) is 2.46. The van der Waals surface area contributed by atoms with Crippen LogP contribution < -0.4 is 11.1 Å². The summed E-state index contributed by atoms with van der Waals surface area (Å²) in [6, 6.07) is 4.12. The third-order valence-electron chi connectivity index (χ3n) is 3.70. The van der Waals surface area contributed by atoms with Gasteiger partial charge in [-0.2, -0.15) is 0 Å².